The third kappa shape index (κ3) is 6.42. The van der Waals surface area contributed by atoms with Crippen LogP contribution in [0.1, 0.15) is 23.6 Å². The first-order valence-corrected chi connectivity index (χ1v) is 8.98. The Balaban J connectivity index is 2.05. The molecule has 0 unspecified atom stereocenters. The molecule has 1 atom stereocenters. The summed E-state index contributed by atoms with van der Waals surface area (Å²) in [5.41, 5.74) is 5.16. The molecule has 2 aromatic carbocycles. The van der Waals surface area contributed by atoms with Gasteiger partial charge in [-0.25, -0.2) is 10.2 Å². The maximum absolute atomic E-state index is 12.5. The molecule has 2 aromatic rings. The van der Waals surface area contributed by atoms with Crippen LogP contribution in [0.2, 0.25) is 0 Å². The fraction of sp³-hybridized carbons (Fsp3) is 0.286. The predicted octanol–water partition coefficient (Wildman–Crippen LogP) is 2.81. The minimum Gasteiger partial charge on any atom is -0.496 e. The Hall–Kier alpha value is -3.35. The summed E-state index contributed by atoms with van der Waals surface area (Å²) in [6, 6.07) is 14.2. The second kappa shape index (κ2) is 10.7. The van der Waals surface area contributed by atoms with E-state index in [2.05, 4.69) is 15.8 Å². The standard InChI is InChI=1S/C21H25N3O4/c1-4-28-21(26)23-18(12-16-8-6-5-7-9-16)20(25)24-22-14-17-11-10-15(2)19(13-17)27-3/h5-11,13-14,18H,4,12H2,1-3H3,(H,23,26)(H,24,25)/b22-14-/t18-/m1/s1. The molecule has 0 heterocycles. The Morgan fingerprint density at radius 3 is 2.61 bits per heavy atom. The maximum Gasteiger partial charge on any atom is 0.407 e. The van der Waals surface area contributed by atoms with Crippen LogP contribution in [0.5, 0.6) is 5.75 Å². The number of hydrogen-bond donors (Lipinski definition) is 2. The fourth-order valence-corrected chi connectivity index (χ4v) is 2.54. The van der Waals surface area contributed by atoms with Crippen molar-refractivity contribution in [3.05, 3.63) is 65.2 Å². The Kier molecular flexibility index (Phi) is 8.02. The highest BCUT2D eigenvalue weighted by molar-refractivity contribution is 5.87. The third-order valence-corrected chi connectivity index (χ3v) is 3.99. The molecular weight excluding hydrogens is 358 g/mol. The van der Waals surface area contributed by atoms with Crippen molar-refractivity contribution in [2.24, 2.45) is 5.10 Å². The Labute approximate surface area is 164 Å². The summed E-state index contributed by atoms with van der Waals surface area (Å²) in [5.74, 6) is 0.299. The van der Waals surface area contributed by atoms with Gasteiger partial charge in [0.1, 0.15) is 11.8 Å². The number of nitrogens with zero attached hydrogens (tertiary/aromatic N) is 1. The van der Waals surface area contributed by atoms with E-state index in [-0.39, 0.29) is 6.61 Å². The number of rotatable bonds is 8. The van der Waals surface area contributed by atoms with Crippen LogP contribution in [0.25, 0.3) is 0 Å². The Bertz CT molecular complexity index is 822. The molecule has 0 saturated heterocycles. The van der Waals surface area contributed by atoms with Crippen molar-refractivity contribution >= 4 is 18.2 Å². The second-order valence-electron chi connectivity index (χ2n) is 6.07. The molecule has 0 aromatic heterocycles. The molecule has 2 rings (SSSR count). The quantitative estimate of drug-likeness (QED) is 0.542. The van der Waals surface area contributed by atoms with Gasteiger partial charge in [0.05, 0.1) is 19.9 Å². The summed E-state index contributed by atoms with van der Waals surface area (Å²) in [5, 5.41) is 6.56. The number of carbonyl (C=O) groups excluding carboxylic acids is 2. The predicted molar refractivity (Wildman–Crippen MR) is 108 cm³/mol. The van der Waals surface area contributed by atoms with Crippen molar-refractivity contribution in [3.8, 4) is 5.75 Å². The topological polar surface area (TPSA) is 89.0 Å². The summed E-state index contributed by atoms with van der Waals surface area (Å²) in [4.78, 5) is 24.3. The van der Waals surface area contributed by atoms with Gasteiger partial charge in [0.15, 0.2) is 0 Å². The third-order valence-electron chi connectivity index (χ3n) is 3.99. The van der Waals surface area contributed by atoms with Gasteiger partial charge in [0.25, 0.3) is 5.91 Å². The van der Waals surface area contributed by atoms with E-state index in [0.717, 1.165) is 22.4 Å². The number of methoxy groups -OCH3 is 1. The summed E-state index contributed by atoms with van der Waals surface area (Å²) < 4.78 is 10.2. The first-order valence-electron chi connectivity index (χ1n) is 8.98. The highest BCUT2D eigenvalue weighted by Crippen LogP contribution is 2.17. The lowest BCUT2D eigenvalue weighted by Gasteiger charge is -2.16. The van der Waals surface area contributed by atoms with Crippen LogP contribution in [0.3, 0.4) is 0 Å². The Morgan fingerprint density at radius 2 is 1.93 bits per heavy atom. The number of ether oxygens (including phenoxy) is 2. The minimum absolute atomic E-state index is 0.221. The van der Waals surface area contributed by atoms with Gasteiger partial charge in [0.2, 0.25) is 0 Å². The fourth-order valence-electron chi connectivity index (χ4n) is 2.54. The van der Waals surface area contributed by atoms with Crippen LogP contribution in [-0.4, -0.2) is 38.0 Å². The van der Waals surface area contributed by atoms with Crippen LogP contribution in [0.4, 0.5) is 4.79 Å². The van der Waals surface area contributed by atoms with Gasteiger partial charge in [-0.1, -0.05) is 42.5 Å². The number of aryl methyl sites for hydroxylation is 1. The monoisotopic (exact) mass is 383 g/mol. The first kappa shape index (κ1) is 21.0. The van der Waals surface area contributed by atoms with Gasteiger partial charge in [-0.3, -0.25) is 4.79 Å². The highest BCUT2D eigenvalue weighted by Gasteiger charge is 2.21. The van der Waals surface area contributed by atoms with Gasteiger partial charge < -0.3 is 14.8 Å². The summed E-state index contributed by atoms with van der Waals surface area (Å²) in [6.07, 6.45) is 1.19. The lowest BCUT2D eigenvalue weighted by Crippen LogP contribution is -2.47. The zero-order valence-corrected chi connectivity index (χ0v) is 16.3. The number of carbonyl (C=O) groups is 2. The number of amides is 2. The SMILES string of the molecule is CCOC(=O)N[C@H](Cc1ccccc1)C(=O)N/N=C\c1ccc(C)c(OC)c1. The number of alkyl carbamates (subject to hydrolysis) is 1. The number of hydrazone groups is 1. The van der Waals surface area contributed by atoms with E-state index in [4.69, 9.17) is 9.47 Å². The molecule has 0 aliphatic rings. The summed E-state index contributed by atoms with van der Waals surface area (Å²) >= 11 is 0. The van der Waals surface area contributed by atoms with E-state index in [0.29, 0.717) is 6.42 Å². The molecular formula is C21H25N3O4. The molecule has 2 amide bonds. The van der Waals surface area contributed by atoms with E-state index in [1.165, 1.54) is 6.21 Å². The van der Waals surface area contributed by atoms with Crippen molar-refractivity contribution in [2.75, 3.05) is 13.7 Å². The largest absolute Gasteiger partial charge is 0.496 e. The second-order valence-corrected chi connectivity index (χ2v) is 6.07. The molecule has 2 N–H and O–H groups in total. The lowest BCUT2D eigenvalue weighted by molar-refractivity contribution is -0.123. The number of benzene rings is 2. The molecule has 0 aliphatic carbocycles. The van der Waals surface area contributed by atoms with Crippen molar-refractivity contribution in [3.63, 3.8) is 0 Å². The molecule has 0 spiro atoms. The average Bonchev–Trinajstić information content (AvgIpc) is 2.69. The van der Waals surface area contributed by atoms with Gasteiger partial charge >= 0.3 is 6.09 Å². The summed E-state index contributed by atoms with van der Waals surface area (Å²) in [7, 11) is 1.60. The van der Waals surface area contributed by atoms with Crippen molar-refractivity contribution < 1.29 is 19.1 Å². The zero-order chi connectivity index (χ0) is 20.4. The molecule has 7 nitrogen and oxygen atoms in total. The van der Waals surface area contributed by atoms with Crippen LogP contribution >= 0.6 is 0 Å². The molecule has 0 fully saturated rings. The van der Waals surface area contributed by atoms with Crippen LogP contribution in [-0.2, 0) is 16.0 Å². The van der Waals surface area contributed by atoms with Crippen LogP contribution in [0, 0.1) is 6.92 Å². The van der Waals surface area contributed by atoms with E-state index in [1.54, 1.807) is 14.0 Å². The van der Waals surface area contributed by atoms with Crippen LogP contribution < -0.4 is 15.5 Å². The molecule has 0 aliphatic heterocycles. The first-order chi connectivity index (χ1) is 13.5. The van der Waals surface area contributed by atoms with E-state index < -0.39 is 18.0 Å². The van der Waals surface area contributed by atoms with E-state index in [1.807, 2.05) is 55.5 Å². The van der Waals surface area contributed by atoms with E-state index in [9.17, 15) is 9.59 Å². The average molecular weight is 383 g/mol. The maximum atomic E-state index is 12.5. The van der Waals surface area contributed by atoms with Crippen LogP contribution in [0.15, 0.2) is 53.6 Å². The van der Waals surface area contributed by atoms with Gasteiger partial charge in [-0.15, -0.1) is 0 Å². The van der Waals surface area contributed by atoms with Crippen molar-refractivity contribution in [2.45, 2.75) is 26.3 Å². The molecule has 0 bridgehead atoms. The van der Waals surface area contributed by atoms with Crippen molar-refractivity contribution in [1.82, 2.24) is 10.7 Å². The highest BCUT2D eigenvalue weighted by atomic mass is 16.5. The normalized spacial score (nSPS) is 11.7. The molecule has 28 heavy (non-hydrogen) atoms. The Morgan fingerprint density at radius 1 is 1.18 bits per heavy atom. The van der Waals surface area contributed by atoms with Gasteiger partial charge in [0, 0.05) is 6.42 Å². The van der Waals surface area contributed by atoms with Gasteiger partial charge in [-0.2, -0.15) is 5.10 Å². The molecule has 7 heteroatoms. The smallest absolute Gasteiger partial charge is 0.407 e. The number of hydrogen-bond acceptors (Lipinski definition) is 5. The number of nitrogens with one attached hydrogen (secondary N) is 2. The zero-order valence-electron chi connectivity index (χ0n) is 16.3. The molecule has 0 saturated carbocycles. The molecule has 148 valence electrons. The van der Waals surface area contributed by atoms with E-state index >= 15 is 0 Å². The minimum atomic E-state index is -0.814. The van der Waals surface area contributed by atoms with Gasteiger partial charge in [-0.05, 0) is 36.6 Å². The van der Waals surface area contributed by atoms with Crippen molar-refractivity contribution in [1.29, 1.82) is 0 Å². The summed E-state index contributed by atoms with van der Waals surface area (Å²) in [6.45, 7) is 3.86. The molecule has 0 radical (unpaired) electrons. The lowest BCUT2D eigenvalue weighted by atomic mass is 10.1.